The lowest BCUT2D eigenvalue weighted by Crippen LogP contribution is -2.16. The topological polar surface area (TPSA) is 29.5 Å². The van der Waals surface area contributed by atoms with Gasteiger partial charge in [0.15, 0.2) is 0 Å². The van der Waals surface area contributed by atoms with Crippen molar-refractivity contribution in [3.05, 3.63) is 29.3 Å². The molecule has 0 spiro atoms. The smallest absolute Gasteiger partial charge is 0.122 e. The van der Waals surface area contributed by atoms with Crippen LogP contribution in [0.4, 0.5) is 0 Å². The Balaban J connectivity index is 2.21. The summed E-state index contributed by atoms with van der Waals surface area (Å²) < 4.78 is 5.58. The molecule has 0 aliphatic carbocycles. The van der Waals surface area contributed by atoms with Crippen LogP contribution >= 0.6 is 0 Å². The van der Waals surface area contributed by atoms with Crippen LogP contribution in [0.25, 0.3) is 0 Å². The van der Waals surface area contributed by atoms with Crippen LogP contribution in [0.5, 0.6) is 5.75 Å². The van der Waals surface area contributed by atoms with Gasteiger partial charge in [-0.15, -0.1) is 0 Å². The Bertz CT molecular complexity index is 385. The first-order chi connectivity index (χ1) is 8.09. The summed E-state index contributed by atoms with van der Waals surface area (Å²) in [7, 11) is 0. The molecule has 2 heteroatoms. The number of hydrogen-bond acceptors (Lipinski definition) is 2. The average molecular weight is 234 g/mol. The van der Waals surface area contributed by atoms with E-state index in [1.54, 1.807) is 0 Å². The van der Waals surface area contributed by atoms with Crippen molar-refractivity contribution in [2.24, 2.45) is 11.8 Å². The molecule has 1 heterocycles. The second-order valence-electron chi connectivity index (χ2n) is 5.37. The molecule has 1 aromatic carbocycles. The molecule has 1 aliphatic rings. The number of hydrogen-bond donors (Lipinski definition) is 1. The zero-order valence-corrected chi connectivity index (χ0v) is 10.9. The van der Waals surface area contributed by atoms with E-state index in [0.29, 0.717) is 5.92 Å². The Morgan fingerprint density at radius 2 is 2.00 bits per heavy atom. The van der Waals surface area contributed by atoms with Gasteiger partial charge in [0.2, 0.25) is 0 Å². The van der Waals surface area contributed by atoms with Gasteiger partial charge in [-0.1, -0.05) is 26.8 Å². The van der Waals surface area contributed by atoms with Crippen LogP contribution in [0.3, 0.4) is 0 Å². The summed E-state index contributed by atoms with van der Waals surface area (Å²) in [4.78, 5) is 0. The maximum Gasteiger partial charge on any atom is 0.122 e. The predicted molar refractivity (Wildman–Crippen MR) is 69.2 cm³/mol. The fourth-order valence-corrected chi connectivity index (χ4v) is 2.23. The van der Waals surface area contributed by atoms with Crippen LogP contribution in [0.15, 0.2) is 18.2 Å². The zero-order chi connectivity index (χ0) is 12.4. The molecule has 2 unspecified atom stereocenters. The lowest BCUT2D eigenvalue weighted by Gasteiger charge is -2.24. The van der Waals surface area contributed by atoms with Crippen molar-refractivity contribution in [2.45, 2.75) is 39.7 Å². The molecule has 0 fully saturated rings. The van der Waals surface area contributed by atoms with E-state index in [-0.39, 0.29) is 12.0 Å². The van der Waals surface area contributed by atoms with Gasteiger partial charge in [0, 0.05) is 0 Å². The molecule has 0 bridgehead atoms. The Labute approximate surface area is 104 Å². The third-order valence-electron chi connectivity index (χ3n) is 3.82. The molecule has 0 saturated carbocycles. The van der Waals surface area contributed by atoms with Crippen molar-refractivity contribution in [3.63, 3.8) is 0 Å². The lowest BCUT2D eigenvalue weighted by molar-refractivity contribution is 0.0919. The zero-order valence-electron chi connectivity index (χ0n) is 10.9. The Hall–Kier alpha value is -1.02. The number of benzene rings is 1. The molecule has 1 N–H and O–H groups in total. The summed E-state index contributed by atoms with van der Waals surface area (Å²) >= 11 is 0. The van der Waals surface area contributed by atoms with Crippen LogP contribution in [0.1, 0.15) is 44.4 Å². The summed E-state index contributed by atoms with van der Waals surface area (Å²) in [6.07, 6.45) is 1.76. The Morgan fingerprint density at radius 1 is 1.24 bits per heavy atom. The molecular formula is C15H22O2. The highest BCUT2D eigenvalue weighted by atomic mass is 16.5. The van der Waals surface area contributed by atoms with Crippen LogP contribution in [0.2, 0.25) is 0 Å². The summed E-state index contributed by atoms with van der Waals surface area (Å²) in [6.45, 7) is 7.22. The third-order valence-corrected chi connectivity index (χ3v) is 3.82. The molecule has 0 radical (unpaired) electrons. The molecule has 2 atom stereocenters. The minimum atomic E-state index is -0.373. The second kappa shape index (κ2) is 5.09. The normalized spacial score (nSPS) is 18.4. The molecule has 17 heavy (non-hydrogen) atoms. The number of aliphatic hydroxyl groups is 1. The molecule has 2 nitrogen and oxygen atoms in total. The molecule has 0 aromatic heterocycles. The SMILES string of the molecule is CC(C)C(C)C(O)c1ccc2c(c1)CCCO2. The van der Waals surface area contributed by atoms with E-state index < -0.39 is 0 Å². The average Bonchev–Trinajstić information content (AvgIpc) is 2.36. The molecule has 0 amide bonds. The van der Waals surface area contributed by atoms with E-state index in [0.717, 1.165) is 30.8 Å². The van der Waals surface area contributed by atoms with E-state index in [2.05, 4.69) is 26.8 Å². The highest BCUT2D eigenvalue weighted by Crippen LogP contribution is 2.32. The highest BCUT2D eigenvalue weighted by Gasteiger charge is 2.21. The van der Waals surface area contributed by atoms with E-state index in [4.69, 9.17) is 4.74 Å². The molecule has 2 rings (SSSR count). The van der Waals surface area contributed by atoms with Crippen LogP contribution in [-0.2, 0) is 6.42 Å². The highest BCUT2D eigenvalue weighted by molar-refractivity contribution is 5.39. The van der Waals surface area contributed by atoms with Gasteiger partial charge >= 0.3 is 0 Å². The summed E-state index contributed by atoms with van der Waals surface area (Å²) in [5.41, 5.74) is 2.26. The van der Waals surface area contributed by atoms with Crippen molar-refractivity contribution in [3.8, 4) is 5.75 Å². The first kappa shape index (κ1) is 12.4. The molecule has 0 saturated heterocycles. The Morgan fingerprint density at radius 3 is 2.71 bits per heavy atom. The number of aliphatic hydroxyl groups excluding tert-OH is 1. The van der Waals surface area contributed by atoms with Crippen LogP contribution in [0, 0.1) is 11.8 Å². The summed E-state index contributed by atoms with van der Waals surface area (Å²) in [5.74, 6) is 1.75. The van der Waals surface area contributed by atoms with Gasteiger partial charge in [-0.2, -0.15) is 0 Å². The number of fused-ring (bicyclic) bond motifs is 1. The van der Waals surface area contributed by atoms with Gasteiger partial charge in [-0.3, -0.25) is 0 Å². The molecule has 1 aliphatic heterocycles. The maximum absolute atomic E-state index is 10.3. The minimum Gasteiger partial charge on any atom is -0.493 e. The van der Waals surface area contributed by atoms with Crippen molar-refractivity contribution in [1.82, 2.24) is 0 Å². The molecule has 1 aromatic rings. The molecule has 94 valence electrons. The quantitative estimate of drug-likeness (QED) is 0.869. The number of aryl methyl sites for hydroxylation is 1. The summed E-state index contributed by atoms with van der Waals surface area (Å²) in [5, 5.41) is 10.3. The first-order valence-corrected chi connectivity index (χ1v) is 6.53. The van der Waals surface area contributed by atoms with Gasteiger partial charge in [-0.25, -0.2) is 0 Å². The van der Waals surface area contributed by atoms with Gasteiger partial charge in [0.05, 0.1) is 12.7 Å². The fraction of sp³-hybridized carbons (Fsp3) is 0.600. The fourth-order valence-electron chi connectivity index (χ4n) is 2.23. The predicted octanol–water partition coefficient (Wildman–Crippen LogP) is 3.34. The van der Waals surface area contributed by atoms with Gasteiger partial charge in [0.25, 0.3) is 0 Å². The van der Waals surface area contributed by atoms with E-state index in [1.165, 1.54) is 5.56 Å². The van der Waals surface area contributed by atoms with E-state index >= 15 is 0 Å². The summed E-state index contributed by atoms with van der Waals surface area (Å²) in [6, 6.07) is 6.10. The van der Waals surface area contributed by atoms with Gasteiger partial charge < -0.3 is 9.84 Å². The monoisotopic (exact) mass is 234 g/mol. The maximum atomic E-state index is 10.3. The Kier molecular flexibility index (Phi) is 3.72. The molecular weight excluding hydrogens is 212 g/mol. The van der Waals surface area contributed by atoms with Gasteiger partial charge in [-0.05, 0) is 47.9 Å². The first-order valence-electron chi connectivity index (χ1n) is 6.53. The number of rotatable bonds is 3. The number of ether oxygens (including phenoxy) is 1. The van der Waals surface area contributed by atoms with Crippen molar-refractivity contribution in [1.29, 1.82) is 0 Å². The van der Waals surface area contributed by atoms with E-state index in [9.17, 15) is 5.11 Å². The van der Waals surface area contributed by atoms with Crippen LogP contribution < -0.4 is 4.74 Å². The van der Waals surface area contributed by atoms with Crippen molar-refractivity contribution < 1.29 is 9.84 Å². The van der Waals surface area contributed by atoms with Crippen molar-refractivity contribution >= 4 is 0 Å². The lowest BCUT2D eigenvalue weighted by atomic mass is 9.87. The third kappa shape index (κ3) is 2.63. The minimum absolute atomic E-state index is 0.276. The largest absolute Gasteiger partial charge is 0.493 e. The van der Waals surface area contributed by atoms with E-state index in [1.807, 2.05) is 12.1 Å². The van der Waals surface area contributed by atoms with Gasteiger partial charge in [0.1, 0.15) is 5.75 Å². The second-order valence-corrected chi connectivity index (χ2v) is 5.37. The van der Waals surface area contributed by atoms with Crippen molar-refractivity contribution in [2.75, 3.05) is 6.61 Å². The van der Waals surface area contributed by atoms with Crippen LogP contribution in [-0.4, -0.2) is 11.7 Å². The standard InChI is InChI=1S/C15H22O2/c1-10(2)11(3)15(16)13-6-7-14-12(9-13)5-4-8-17-14/h6-7,9-11,15-16H,4-5,8H2,1-3H3.